The maximum Gasteiger partial charge on any atom is 0.323 e. The normalized spacial score (nSPS) is 22.4. The van der Waals surface area contributed by atoms with E-state index in [4.69, 9.17) is 10.8 Å². The highest BCUT2D eigenvalue weighted by Crippen LogP contribution is 2.30. The molecule has 0 aromatic carbocycles. The number of rotatable bonds is 5. The van der Waals surface area contributed by atoms with Crippen molar-refractivity contribution < 1.29 is 19.5 Å². The van der Waals surface area contributed by atoms with E-state index in [1.165, 1.54) is 4.90 Å². The van der Waals surface area contributed by atoms with Crippen molar-refractivity contribution in [2.75, 3.05) is 26.2 Å². The minimum Gasteiger partial charge on any atom is -0.480 e. The molecule has 2 fully saturated rings. The number of hydrogen-bond acceptors (Lipinski definition) is 3. The van der Waals surface area contributed by atoms with E-state index in [0.29, 0.717) is 32.0 Å². The van der Waals surface area contributed by atoms with Crippen molar-refractivity contribution in [3.63, 3.8) is 0 Å². The first-order valence-corrected chi connectivity index (χ1v) is 7.02. The first-order valence-electron chi connectivity index (χ1n) is 7.02. The topological polar surface area (TPSA) is 104 Å². The predicted molar refractivity (Wildman–Crippen MR) is 70.8 cm³/mol. The van der Waals surface area contributed by atoms with Crippen molar-refractivity contribution in [1.29, 1.82) is 0 Å². The molecule has 1 aliphatic carbocycles. The summed E-state index contributed by atoms with van der Waals surface area (Å²) in [6, 6.07) is -0.287. The largest absolute Gasteiger partial charge is 0.480 e. The molecule has 1 saturated heterocycles. The van der Waals surface area contributed by atoms with E-state index < -0.39 is 11.9 Å². The molecule has 20 heavy (non-hydrogen) atoms. The molecule has 0 aromatic heterocycles. The van der Waals surface area contributed by atoms with Gasteiger partial charge in [0, 0.05) is 19.6 Å². The summed E-state index contributed by atoms with van der Waals surface area (Å²) in [4.78, 5) is 37.5. The van der Waals surface area contributed by atoms with Gasteiger partial charge in [-0.05, 0) is 31.6 Å². The third-order valence-electron chi connectivity index (χ3n) is 3.87. The number of carboxylic acids is 1. The number of carbonyl (C=O) groups is 3. The van der Waals surface area contributed by atoms with E-state index in [9.17, 15) is 14.4 Å². The summed E-state index contributed by atoms with van der Waals surface area (Å²) < 4.78 is 0. The number of amides is 3. The average Bonchev–Trinajstić information content (AvgIpc) is 3.20. The van der Waals surface area contributed by atoms with E-state index in [0.717, 1.165) is 19.3 Å². The summed E-state index contributed by atoms with van der Waals surface area (Å²) in [7, 11) is 0. The molecule has 112 valence electrons. The number of nitrogens with zero attached hydrogens (tertiary/aromatic N) is 2. The van der Waals surface area contributed by atoms with Crippen LogP contribution in [0.25, 0.3) is 0 Å². The molecule has 2 aliphatic rings. The maximum atomic E-state index is 12.4. The second-order valence-electron chi connectivity index (χ2n) is 5.69. The van der Waals surface area contributed by atoms with E-state index in [2.05, 4.69) is 0 Å². The second kappa shape index (κ2) is 6.11. The Bertz CT molecular complexity index is 408. The fraction of sp³-hybridized carbons (Fsp3) is 0.769. The van der Waals surface area contributed by atoms with Crippen LogP contribution in [0.2, 0.25) is 0 Å². The van der Waals surface area contributed by atoms with Crippen LogP contribution in [0.4, 0.5) is 4.79 Å². The van der Waals surface area contributed by atoms with Crippen LogP contribution in [0.5, 0.6) is 0 Å². The number of hydrogen-bond donors (Lipinski definition) is 2. The molecule has 1 heterocycles. The number of aliphatic carboxylic acids is 1. The molecule has 0 bridgehead atoms. The molecule has 1 unspecified atom stereocenters. The van der Waals surface area contributed by atoms with E-state index in [-0.39, 0.29) is 18.5 Å². The summed E-state index contributed by atoms with van der Waals surface area (Å²) >= 11 is 0. The van der Waals surface area contributed by atoms with Crippen LogP contribution >= 0.6 is 0 Å². The molecular formula is C13H21N3O4. The van der Waals surface area contributed by atoms with Crippen molar-refractivity contribution >= 4 is 17.9 Å². The Labute approximate surface area is 117 Å². The van der Waals surface area contributed by atoms with Gasteiger partial charge in [-0.15, -0.1) is 0 Å². The van der Waals surface area contributed by atoms with Crippen LogP contribution in [-0.2, 0) is 9.59 Å². The summed E-state index contributed by atoms with van der Waals surface area (Å²) in [6.45, 7) is 1.06. The summed E-state index contributed by atoms with van der Waals surface area (Å²) in [6.07, 6.45) is 3.52. The first-order chi connectivity index (χ1) is 9.47. The molecule has 0 radical (unpaired) electrons. The molecule has 0 aromatic rings. The molecule has 1 atom stereocenters. The fourth-order valence-electron chi connectivity index (χ4n) is 2.57. The molecule has 3 amide bonds. The van der Waals surface area contributed by atoms with E-state index in [1.54, 1.807) is 4.90 Å². The van der Waals surface area contributed by atoms with Gasteiger partial charge >= 0.3 is 12.0 Å². The lowest BCUT2D eigenvalue weighted by molar-refractivity contribution is -0.138. The fourth-order valence-corrected chi connectivity index (χ4v) is 2.57. The molecule has 7 heteroatoms. The monoisotopic (exact) mass is 283 g/mol. The quantitative estimate of drug-likeness (QED) is 0.746. The van der Waals surface area contributed by atoms with Gasteiger partial charge in [-0.2, -0.15) is 0 Å². The molecule has 7 nitrogen and oxygen atoms in total. The third kappa shape index (κ3) is 3.85. The van der Waals surface area contributed by atoms with Gasteiger partial charge in [0.2, 0.25) is 5.91 Å². The number of nitrogens with two attached hydrogens (primary N) is 1. The number of likely N-dealkylation sites (tertiary alicyclic amines) is 1. The Morgan fingerprint density at radius 2 is 1.95 bits per heavy atom. The number of carboxylic acid groups (broad SMARTS) is 1. The standard InChI is InChI=1S/C13H21N3O4/c14-12(19)10-2-1-5-15(7-10)13(20)16(8-11(17)18)6-9-3-4-9/h9-10H,1-8H2,(H2,14,19)(H,17,18). The molecule has 0 spiro atoms. The average molecular weight is 283 g/mol. The van der Waals surface area contributed by atoms with E-state index in [1.807, 2.05) is 0 Å². The molecule has 2 rings (SSSR count). The first kappa shape index (κ1) is 14.6. The van der Waals surface area contributed by atoms with Crippen molar-refractivity contribution in [2.24, 2.45) is 17.6 Å². The Morgan fingerprint density at radius 3 is 2.50 bits per heavy atom. The number of urea groups is 1. The number of primary amides is 1. The maximum absolute atomic E-state index is 12.4. The molecule has 1 saturated carbocycles. The Morgan fingerprint density at radius 1 is 1.25 bits per heavy atom. The van der Waals surface area contributed by atoms with Gasteiger partial charge in [0.1, 0.15) is 6.54 Å². The van der Waals surface area contributed by atoms with Gasteiger partial charge in [-0.1, -0.05) is 0 Å². The van der Waals surface area contributed by atoms with Crippen LogP contribution in [0.1, 0.15) is 25.7 Å². The molecule has 3 N–H and O–H groups in total. The van der Waals surface area contributed by atoms with Crippen molar-refractivity contribution in [3.05, 3.63) is 0 Å². The lowest BCUT2D eigenvalue weighted by Crippen LogP contribution is -2.51. The highest BCUT2D eigenvalue weighted by Gasteiger charge is 2.33. The van der Waals surface area contributed by atoms with Crippen molar-refractivity contribution in [2.45, 2.75) is 25.7 Å². The molecule has 1 aliphatic heterocycles. The summed E-state index contributed by atoms with van der Waals surface area (Å²) in [5, 5.41) is 8.92. The van der Waals surface area contributed by atoms with Crippen LogP contribution in [0.15, 0.2) is 0 Å². The minimum atomic E-state index is -1.01. The molecular weight excluding hydrogens is 262 g/mol. The second-order valence-corrected chi connectivity index (χ2v) is 5.69. The van der Waals surface area contributed by atoms with Crippen LogP contribution in [-0.4, -0.2) is 59.0 Å². The number of carbonyl (C=O) groups excluding carboxylic acids is 2. The SMILES string of the molecule is NC(=O)C1CCCN(C(=O)N(CC(=O)O)CC2CC2)C1. The van der Waals surface area contributed by atoms with Crippen molar-refractivity contribution in [1.82, 2.24) is 9.80 Å². The Hall–Kier alpha value is -1.79. The lowest BCUT2D eigenvalue weighted by atomic mass is 9.98. The van der Waals surface area contributed by atoms with Gasteiger partial charge in [-0.3, -0.25) is 9.59 Å². The van der Waals surface area contributed by atoms with E-state index >= 15 is 0 Å². The van der Waals surface area contributed by atoms with Gasteiger partial charge in [0.25, 0.3) is 0 Å². The Kier molecular flexibility index (Phi) is 4.46. The minimum absolute atomic E-state index is 0.285. The number of piperidine rings is 1. The lowest BCUT2D eigenvalue weighted by Gasteiger charge is -2.35. The zero-order chi connectivity index (χ0) is 14.7. The zero-order valence-corrected chi connectivity index (χ0v) is 11.5. The van der Waals surface area contributed by atoms with Gasteiger partial charge < -0.3 is 20.6 Å². The predicted octanol–water partition coefficient (Wildman–Crippen LogP) is 0.100. The van der Waals surface area contributed by atoms with Crippen molar-refractivity contribution in [3.8, 4) is 0 Å². The van der Waals surface area contributed by atoms with Gasteiger partial charge in [0.05, 0.1) is 5.92 Å². The van der Waals surface area contributed by atoms with Crippen LogP contribution in [0, 0.1) is 11.8 Å². The smallest absolute Gasteiger partial charge is 0.323 e. The third-order valence-corrected chi connectivity index (χ3v) is 3.87. The Balaban J connectivity index is 1.97. The highest BCUT2D eigenvalue weighted by atomic mass is 16.4. The van der Waals surface area contributed by atoms with Gasteiger partial charge in [-0.25, -0.2) is 4.79 Å². The van der Waals surface area contributed by atoms with Crippen LogP contribution in [0.3, 0.4) is 0 Å². The van der Waals surface area contributed by atoms with Crippen LogP contribution < -0.4 is 5.73 Å². The highest BCUT2D eigenvalue weighted by molar-refractivity contribution is 5.82. The summed E-state index contributed by atoms with van der Waals surface area (Å²) in [5.74, 6) is -1.30. The zero-order valence-electron chi connectivity index (χ0n) is 11.5. The summed E-state index contributed by atoms with van der Waals surface area (Å²) in [5.41, 5.74) is 5.29. The van der Waals surface area contributed by atoms with Gasteiger partial charge in [0.15, 0.2) is 0 Å².